The maximum atomic E-state index is 12.4. The summed E-state index contributed by atoms with van der Waals surface area (Å²) in [6.45, 7) is 0.0948. The largest absolute Gasteiger partial charge is 0.612 e. The van der Waals surface area contributed by atoms with Gasteiger partial charge in [0.2, 0.25) is 0 Å². The summed E-state index contributed by atoms with van der Waals surface area (Å²) in [5, 5.41) is 16.0. The van der Waals surface area contributed by atoms with Gasteiger partial charge in [0, 0.05) is 28.9 Å². The average molecular weight is 401 g/mol. The van der Waals surface area contributed by atoms with Crippen LogP contribution >= 0.6 is 11.6 Å². The molecule has 0 aliphatic heterocycles. The lowest BCUT2D eigenvalue weighted by Gasteiger charge is -2.09. The van der Waals surface area contributed by atoms with Gasteiger partial charge >= 0.3 is 0 Å². The number of hydrogen-bond acceptors (Lipinski definition) is 6. The van der Waals surface area contributed by atoms with Gasteiger partial charge in [-0.25, -0.2) is 9.97 Å². The number of carbonyl (C=O) groups excluding carboxylic acids is 1. The number of halogens is 1. The van der Waals surface area contributed by atoms with Crippen molar-refractivity contribution in [2.24, 2.45) is 0 Å². The number of benzene rings is 1. The first-order valence-electron chi connectivity index (χ1n) is 7.65. The predicted molar refractivity (Wildman–Crippen MR) is 98.8 cm³/mol. The van der Waals surface area contributed by atoms with Crippen molar-refractivity contribution in [1.29, 1.82) is 5.26 Å². The van der Waals surface area contributed by atoms with Crippen LogP contribution in [0.25, 0.3) is 5.82 Å². The molecule has 136 valence electrons. The minimum atomic E-state index is -1.25. The third-order valence-corrected chi connectivity index (χ3v) is 4.70. The first kappa shape index (κ1) is 18.8. The summed E-state index contributed by atoms with van der Waals surface area (Å²) in [6.07, 6.45) is 4.29. The van der Waals surface area contributed by atoms with Crippen LogP contribution in [0.2, 0.25) is 5.02 Å². The molecule has 1 aromatic carbocycles. The fourth-order valence-electron chi connectivity index (χ4n) is 2.28. The zero-order valence-corrected chi connectivity index (χ0v) is 15.7. The number of rotatable bonds is 5. The topological polar surface area (TPSA) is 120 Å². The van der Waals surface area contributed by atoms with Crippen molar-refractivity contribution in [1.82, 2.24) is 25.1 Å². The standard InChI is InChI=1S/C17H13ClN6O2S/c1-27(26)14-5-12(4-13(18)6-14)17(25)21-9-16-22-10-23-24(16)15-3-2-11(7-19)8-20-15/h2-6,8,10H,9H2,1H3,(H,21,25). The molecule has 1 atom stereocenters. The Morgan fingerprint density at radius 2 is 2.19 bits per heavy atom. The van der Waals surface area contributed by atoms with Gasteiger partial charge in [-0.05, 0) is 29.4 Å². The molecule has 8 nitrogen and oxygen atoms in total. The van der Waals surface area contributed by atoms with Crippen LogP contribution in [-0.4, -0.2) is 36.5 Å². The van der Waals surface area contributed by atoms with Crippen molar-refractivity contribution in [2.75, 3.05) is 6.26 Å². The fraction of sp³-hybridized carbons (Fsp3) is 0.118. The van der Waals surface area contributed by atoms with E-state index in [1.165, 1.54) is 35.6 Å². The zero-order valence-electron chi connectivity index (χ0n) is 14.1. The van der Waals surface area contributed by atoms with Crippen LogP contribution in [0.5, 0.6) is 0 Å². The second-order valence-corrected chi connectivity index (χ2v) is 7.23. The number of nitrogens with zero attached hydrogens (tertiary/aromatic N) is 5. The number of nitrogens with one attached hydrogen (secondary N) is 1. The van der Waals surface area contributed by atoms with E-state index in [0.29, 0.717) is 32.7 Å². The molecule has 10 heteroatoms. The Labute approximate surface area is 163 Å². The van der Waals surface area contributed by atoms with Crippen LogP contribution in [0.15, 0.2) is 47.8 Å². The van der Waals surface area contributed by atoms with Gasteiger partial charge in [0.1, 0.15) is 18.7 Å². The predicted octanol–water partition coefficient (Wildman–Crippen LogP) is 1.85. The molecule has 0 radical (unpaired) electrons. The zero-order chi connectivity index (χ0) is 19.4. The van der Waals surface area contributed by atoms with E-state index in [2.05, 4.69) is 20.4 Å². The quantitative estimate of drug-likeness (QED) is 0.652. The van der Waals surface area contributed by atoms with E-state index >= 15 is 0 Å². The Morgan fingerprint density at radius 1 is 1.37 bits per heavy atom. The fourth-order valence-corrected chi connectivity index (χ4v) is 3.16. The molecule has 0 aliphatic carbocycles. The summed E-state index contributed by atoms with van der Waals surface area (Å²) in [6, 6.07) is 9.83. The van der Waals surface area contributed by atoms with Crippen molar-refractivity contribution in [2.45, 2.75) is 11.4 Å². The Bertz CT molecular complexity index is 1010. The number of carbonyl (C=O) groups is 1. The summed E-state index contributed by atoms with van der Waals surface area (Å²) < 4.78 is 13.1. The Kier molecular flexibility index (Phi) is 5.71. The molecule has 0 saturated carbocycles. The molecule has 3 aromatic rings. The van der Waals surface area contributed by atoms with Gasteiger partial charge in [0.05, 0.1) is 12.1 Å². The minimum Gasteiger partial charge on any atom is -0.612 e. The lowest BCUT2D eigenvalue weighted by atomic mass is 10.2. The molecular weight excluding hydrogens is 388 g/mol. The molecular formula is C17H13ClN6O2S. The Balaban J connectivity index is 1.75. The summed E-state index contributed by atoms with van der Waals surface area (Å²) in [4.78, 5) is 21.2. The van der Waals surface area contributed by atoms with Gasteiger partial charge in [-0.15, -0.1) is 0 Å². The van der Waals surface area contributed by atoms with Gasteiger partial charge in [-0.2, -0.15) is 15.0 Å². The van der Waals surface area contributed by atoms with Crippen LogP contribution in [0.4, 0.5) is 0 Å². The number of hydrogen-bond donors (Lipinski definition) is 1. The lowest BCUT2D eigenvalue weighted by Crippen LogP contribution is -2.25. The van der Waals surface area contributed by atoms with Gasteiger partial charge in [0.25, 0.3) is 5.91 Å². The highest BCUT2D eigenvalue weighted by molar-refractivity contribution is 7.90. The van der Waals surface area contributed by atoms with E-state index in [4.69, 9.17) is 16.9 Å². The first-order chi connectivity index (χ1) is 13.0. The normalized spacial score (nSPS) is 11.6. The summed E-state index contributed by atoms with van der Waals surface area (Å²) >= 11 is 4.74. The highest BCUT2D eigenvalue weighted by Gasteiger charge is 2.15. The summed E-state index contributed by atoms with van der Waals surface area (Å²) in [7, 11) is 0. The average Bonchev–Trinajstić information content (AvgIpc) is 3.14. The number of amides is 1. The van der Waals surface area contributed by atoms with Crippen LogP contribution in [0, 0.1) is 11.3 Å². The van der Waals surface area contributed by atoms with Crippen LogP contribution in [-0.2, 0) is 17.7 Å². The number of aromatic nitrogens is 4. The van der Waals surface area contributed by atoms with E-state index in [1.807, 2.05) is 6.07 Å². The second kappa shape index (κ2) is 8.18. The van der Waals surface area contributed by atoms with Crippen LogP contribution in [0.3, 0.4) is 0 Å². The van der Waals surface area contributed by atoms with Crippen molar-refractivity contribution in [3.8, 4) is 11.9 Å². The smallest absolute Gasteiger partial charge is 0.251 e. The van der Waals surface area contributed by atoms with Crippen LogP contribution in [0.1, 0.15) is 21.7 Å². The monoisotopic (exact) mass is 400 g/mol. The Morgan fingerprint density at radius 3 is 2.85 bits per heavy atom. The van der Waals surface area contributed by atoms with Crippen molar-refractivity contribution in [3.05, 3.63) is 64.8 Å². The minimum absolute atomic E-state index is 0.0948. The second-order valence-electron chi connectivity index (χ2n) is 5.42. The van der Waals surface area contributed by atoms with Gasteiger partial charge in [0.15, 0.2) is 16.5 Å². The molecule has 1 N–H and O–H groups in total. The maximum Gasteiger partial charge on any atom is 0.251 e. The molecule has 2 heterocycles. The Hall–Kier alpha value is -2.93. The molecule has 0 fully saturated rings. The van der Waals surface area contributed by atoms with Gasteiger partial charge < -0.3 is 9.87 Å². The SMILES string of the molecule is C[S+]([O-])c1cc(Cl)cc(C(=O)NCc2ncnn2-c2ccc(C#N)cn2)c1. The van der Waals surface area contributed by atoms with Crippen molar-refractivity contribution < 1.29 is 9.35 Å². The molecule has 0 spiro atoms. The van der Waals surface area contributed by atoms with Gasteiger partial charge in [-0.3, -0.25) is 4.79 Å². The van der Waals surface area contributed by atoms with Gasteiger partial charge in [-0.1, -0.05) is 11.6 Å². The lowest BCUT2D eigenvalue weighted by molar-refractivity contribution is 0.0949. The molecule has 1 amide bonds. The van der Waals surface area contributed by atoms with E-state index < -0.39 is 11.2 Å². The summed E-state index contributed by atoms with van der Waals surface area (Å²) in [5.74, 6) is 0.551. The highest BCUT2D eigenvalue weighted by Crippen LogP contribution is 2.19. The van der Waals surface area contributed by atoms with Crippen molar-refractivity contribution in [3.63, 3.8) is 0 Å². The molecule has 0 bridgehead atoms. The van der Waals surface area contributed by atoms with Crippen LogP contribution < -0.4 is 5.32 Å². The third kappa shape index (κ3) is 4.43. The number of pyridine rings is 1. The molecule has 27 heavy (non-hydrogen) atoms. The highest BCUT2D eigenvalue weighted by atomic mass is 35.5. The van der Waals surface area contributed by atoms with E-state index in [1.54, 1.807) is 18.2 Å². The molecule has 3 rings (SSSR count). The maximum absolute atomic E-state index is 12.4. The third-order valence-electron chi connectivity index (χ3n) is 3.58. The molecule has 1 unspecified atom stereocenters. The number of nitriles is 1. The van der Waals surface area contributed by atoms with Crippen molar-refractivity contribution >= 4 is 28.7 Å². The van der Waals surface area contributed by atoms with E-state index in [0.717, 1.165) is 0 Å². The van der Waals surface area contributed by atoms with E-state index in [-0.39, 0.29) is 12.5 Å². The summed E-state index contributed by atoms with van der Waals surface area (Å²) in [5.41, 5.74) is 0.731. The van der Waals surface area contributed by atoms with E-state index in [9.17, 15) is 9.35 Å². The molecule has 0 saturated heterocycles. The first-order valence-corrected chi connectivity index (χ1v) is 9.59. The molecule has 2 aromatic heterocycles. The molecule has 0 aliphatic rings.